The van der Waals surface area contributed by atoms with Crippen molar-refractivity contribution in [2.75, 3.05) is 12.3 Å². The highest BCUT2D eigenvalue weighted by molar-refractivity contribution is 5.85. The number of unbranched alkanes of at least 4 members (excludes halogenated alkanes) is 2. The number of rotatable bonds is 6. The van der Waals surface area contributed by atoms with Gasteiger partial charge in [0.05, 0.1) is 11.2 Å². The van der Waals surface area contributed by atoms with Crippen molar-refractivity contribution in [3.8, 4) is 11.3 Å². The van der Waals surface area contributed by atoms with Crippen LogP contribution in [0.1, 0.15) is 24.8 Å². The van der Waals surface area contributed by atoms with Gasteiger partial charge in [0.1, 0.15) is 5.82 Å². The monoisotopic (exact) mass is 296 g/mol. The predicted molar refractivity (Wildman–Crippen MR) is 88.4 cm³/mol. The lowest BCUT2D eigenvalue weighted by atomic mass is 10.0. The zero-order chi connectivity index (χ0) is 15.4. The van der Waals surface area contributed by atoms with Crippen LogP contribution in [0.15, 0.2) is 36.5 Å². The van der Waals surface area contributed by atoms with E-state index < -0.39 is 0 Å². The van der Waals surface area contributed by atoms with Crippen molar-refractivity contribution in [3.05, 3.63) is 42.1 Å². The van der Waals surface area contributed by atoms with Crippen LogP contribution in [0.3, 0.4) is 0 Å². The minimum atomic E-state index is 0.251. The summed E-state index contributed by atoms with van der Waals surface area (Å²) in [5.74, 6) is 0.593. The Bertz CT molecular complexity index is 753. The molecule has 22 heavy (non-hydrogen) atoms. The second kappa shape index (κ2) is 6.58. The fourth-order valence-electron chi connectivity index (χ4n) is 2.61. The van der Waals surface area contributed by atoms with Crippen molar-refractivity contribution in [1.82, 2.24) is 15.2 Å². The number of aromatic amines is 1. The summed E-state index contributed by atoms with van der Waals surface area (Å²) >= 11 is 0. The van der Waals surface area contributed by atoms with Crippen molar-refractivity contribution < 1.29 is 5.11 Å². The maximum atomic E-state index is 8.82. The average molecular weight is 296 g/mol. The normalized spacial score (nSPS) is 11.1. The van der Waals surface area contributed by atoms with Crippen LogP contribution < -0.4 is 5.73 Å². The van der Waals surface area contributed by atoms with Crippen LogP contribution in [-0.4, -0.2) is 26.9 Å². The third-order valence-electron chi connectivity index (χ3n) is 3.83. The van der Waals surface area contributed by atoms with Gasteiger partial charge in [0, 0.05) is 23.8 Å². The lowest BCUT2D eigenvalue weighted by Gasteiger charge is -2.08. The molecule has 5 heteroatoms. The minimum absolute atomic E-state index is 0.251. The van der Waals surface area contributed by atoms with E-state index in [1.807, 2.05) is 18.2 Å². The summed E-state index contributed by atoms with van der Waals surface area (Å²) in [6, 6.07) is 10.2. The summed E-state index contributed by atoms with van der Waals surface area (Å²) in [5.41, 5.74) is 9.98. The van der Waals surface area contributed by atoms with Gasteiger partial charge in [-0.2, -0.15) is 5.10 Å². The Morgan fingerprint density at radius 1 is 1.09 bits per heavy atom. The van der Waals surface area contributed by atoms with E-state index in [0.717, 1.165) is 53.4 Å². The SMILES string of the molecule is Nc1nc2cc(-c3cc[nH]n3)ccc2cc1CCCCCO. The molecule has 0 amide bonds. The van der Waals surface area contributed by atoms with Crippen molar-refractivity contribution in [1.29, 1.82) is 0 Å². The number of pyridine rings is 1. The molecule has 0 spiro atoms. The summed E-state index contributed by atoms with van der Waals surface area (Å²) in [5, 5.41) is 16.9. The second-order valence-electron chi connectivity index (χ2n) is 5.43. The number of benzene rings is 1. The summed E-state index contributed by atoms with van der Waals surface area (Å²) in [6.07, 6.45) is 5.57. The number of hydrogen-bond donors (Lipinski definition) is 3. The van der Waals surface area contributed by atoms with Crippen LogP contribution in [0.25, 0.3) is 22.2 Å². The molecular weight excluding hydrogens is 276 g/mol. The maximum Gasteiger partial charge on any atom is 0.127 e. The molecule has 2 heterocycles. The Morgan fingerprint density at radius 3 is 2.77 bits per heavy atom. The van der Waals surface area contributed by atoms with Gasteiger partial charge in [-0.05, 0) is 43.0 Å². The highest BCUT2D eigenvalue weighted by Crippen LogP contribution is 2.25. The lowest BCUT2D eigenvalue weighted by molar-refractivity contribution is 0.283. The predicted octanol–water partition coefficient (Wildman–Crippen LogP) is 2.91. The zero-order valence-corrected chi connectivity index (χ0v) is 12.4. The molecule has 0 atom stereocenters. The van der Waals surface area contributed by atoms with E-state index >= 15 is 0 Å². The Labute approximate surface area is 129 Å². The third kappa shape index (κ3) is 3.09. The number of H-pyrrole nitrogens is 1. The third-order valence-corrected chi connectivity index (χ3v) is 3.83. The fourth-order valence-corrected chi connectivity index (χ4v) is 2.61. The second-order valence-corrected chi connectivity index (χ2v) is 5.43. The molecule has 5 nitrogen and oxygen atoms in total. The number of nitrogens with zero attached hydrogens (tertiary/aromatic N) is 2. The number of nitrogens with two attached hydrogens (primary N) is 1. The Balaban J connectivity index is 1.86. The number of aliphatic hydroxyl groups excluding tert-OH is 1. The number of aryl methyl sites for hydroxylation is 1. The van der Waals surface area contributed by atoms with Gasteiger partial charge in [-0.25, -0.2) is 4.98 Å². The molecule has 0 aliphatic heterocycles. The molecule has 0 aliphatic rings. The smallest absolute Gasteiger partial charge is 0.127 e. The zero-order valence-electron chi connectivity index (χ0n) is 12.4. The van der Waals surface area contributed by atoms with E-state index in [2.05, 4.69) is 27.3 Å². The largest absolute Gasteiger partial charge is 0.396 e. The Kier molecular flexibility index (Phi) is 4.34. The first-order valence-electron chi connectivity index (χ1n) is 7.58. The highest BCUT2D eigenvalue weighted by atomic mass is 16.2. The standard InChI is InChI=1S/C17H20N4O/c18-17-14(4-2-1-3-9-22)10-12-5-6-13(11-16(12)20-17)15-7-8-19-21-15/h5-8,10-11,22H,1-4,9H2,(H2,18,20)(H,19,21). The molecule has 3 rings (SSSR count). The number of aromatic nitrogens is 3. The number of nitrogens with one attached hydrogen (secondary N) is 1. The maximum absolute atomic E-state index is 8.82. The van der Waals surface area contributed by atoms with Crippen molar-refractivity contribution >= 4 is 16.7 Å². The van der Waals surface area contributed by atoms with Gasteiger partial charge in [0.2, 0.25) is 0 Å². The van der Waals surface area contributed by atoms with Crippen LogP contribution in [0.4, 0.5) is 5.82 Å². The molecule has 0 radical (unpaired) electrons. The molecule has 3 aromatic rings. The van der Waals surface area contributed by atoms with Crippen molar-refractivity contribution in [2.24, 2.45) is 0 Å². The van der Waals surface area contributed by atoms with Gasteiger partial charge >= 0.3 is 0 Å². The molecule has 0 aliphatic carbocycles. The van der Waals surface area contributed by atoms with E-state index in [1.54, 1.807) is 6.20 Å². The van der Waals surface area contributed by atoms with E-state index in [1.165, 1.54) is 0 Å². The Morgan fingerprint density at radius 2 is 2.00 bits per heavy atom. The van der Waals surface area contributed by atoms with Crippen LogP contribution in [0, 0.1) is 0 Å². The number of fused-ring (bicyclic) bond motifs is 1. The van der Waals surface area contributed by atoms with Crippen molar-refractivity contribution in [3.63, 3.8) is 0 Å². The number of aliphatic hydroxyl groups is 1. The van der Waals surface area contributed by atoms with Gasteiger partial charge in [-0.15, -0.1) is 0 Å². The molecule has 114 valence electrons. The van der Waals surface area contributed by atoms with E-state index in [0.29, 0.717) is 5.82 Å². The van der Waals surface area contributed by atoms with Gasteiger partial charge in [0.25, 0.3) is 0 Å². The van der Waals surface area contributed by atoms with Gasteiger partial charge < -0.3 is 10.8 Å². The lowest BCUT2D eigenvalue weighted by Crippen LogP contribution is -1.99. The first-order chi connectivity index (χ1) is 10.8. The number of nitrogen functional groups attached to an aromatic ring is 1. The van der Waals surface area contributed by atoms with Crippen LogP contribution in [0.5, 0.6) is 0 Å². The first kappa shape index (κ1) is 14.5. The van der Waals surface area contributed by atoms with E-state index in [4.69, 9.17) is 10.8 Å². The summed E-state index contributed by atoms with van der Waals surface area (Å²) in [4.78, 5) is 4.54. The molecule has 0 fully saturated rings. The molecule has 1 aromatic carbocycles. The fraction of sp³-hybridized carbons (Fsp3) is 0.294. The summed E-state index contributed by atoms with van der Waals surface area (Å²) < 4.78 is 0. The minimum Gasteiger partial charge on any atom is -0.396 e. The van der Waals surface area contributed by atoms with Crippen molar-refractivity contribution in [2.45, 2.75) is 25.7 Å². The summed E-state index contributed by atoms with van der Waals surface area (Å²) in [7, 11) is 0. The number of hydrogen-bond acceptors (Lipinski definition) is 4. The van der Waals surface area contributed by atoms with Crippen LogP contribution in [-0.2, 0) is 6.42 Å². The van der Waals surface area contributed by atoms with Gasteiger partial charge in [-0.1, -0.05) is 18.6 Å². The molecule has 0 unspecified atom stereocenters. The topological polar surface area (TPSA) is 87.8 Å². The number of anilines is 1. The highest BCUT2D eigenvalue weighted by Gasteiger charge is 2.07. The average Bonchev–Trinajstić information content (AvgIpc) is 3.06. The molecule has 2 aromatic heterocycles. The molecule has 0 bridgehead atoms. The van der Waals surface area contributed by atoms with Crippen LogP contribution >= 0.6 is 0 Å². The van der Waals surface area contributed by atoms with E-state index in [-0.39, 0.29) is 6.61 Å². The van der Waals surface area contributed by atoms with Gasteiger partial charge in [-0.3, -0.25) is 5.10 Å². The molecule has 4 N–H and O–H groups in total. The quantitative estimate of drug-likeness (QED) is 0.610. The molecule has 0 saturated carbocycles. The first-order valence-corrected chi connectivity index (χ1v) is 7.58. The van der Waals surface area contributed by atoms with Crippen LogP contribution in [0.2, 0.25) is 0 Å². The Hall–Kier alpha value is -2.40. The van der Waals surface area contributed by atoms with Gasteiger partial charge in [0.15, 0.2) is 0 Å². The molecule has 0 saturated heterocycles. The summed E-state index contributed by atoms with van der Waals surface area (Å²) in [6.45, 7) is 0.251. The molecular formula is C17H20N4O. The van der Waals surface area contributed by atoms with E-state index in [9.17, 15) is 0 Å².